The number of rotatable bonds is 6. The summed E-state index contributed by atoms with van der Waals surface area (Å²) in [7, 11) is 0. The summed E-state index contributed by atoms with van der Waals surface area (Å²) < 4.78 is 13.7. The van der Waals surface area contributed by atoms with Crippen LogP contribution in [0.4, 0.5) is 17.1 Å². The van der Waals surface area contributed by atoms with Crippen molar-refractivity contribution in [3.8, 4) is 33.4 Å². The third kappa shape index (κ3) is 5.20. The number of benzene rings is 9. The molecule has 3 nitrogen and oxygen atoms in total. The van der Waals surface area contributed by atoms with E-state index in [0.29, 0.717) is 0 Å². The van der Waals surface area contributed by atoms with E-state index in [0.717, 1.165) is 72.1 Å². The van der Waals surface area contributed by atoms with E-state index in [1.807, 2.05) is 12.1 Å². The van der Waals surface area contributed by atoms with Crippen LogP contribution in [-0.4, -0.2) is 0 Å². The van der Waals surface area contributed by atoms with Gasteiger partial charge in [-0.05, 0) is 87.1 Å². The van der Waals surface area contributed by atoms with Crippen LogP contribution in [0.25, 0.3) is 88.0 Å². The van der Waals surface area contributed by atoms with Crippen LogP contribution in [0.1, 0.15) is 0 Å². The van der Waals surface area contributed by atoms with Crippen molar-refractivity contribution in [2.75, 3.05) is 4.90 Å². The molecule has 0 N–H and O–H groups in total. The van der Waals surface area contributed by atoms with E-state index >= 15 is 0 Å². The van der Waals surface area contributed by atoms with Crippen molar-refractivity contribution in [2.45, 2.75) is 0 Å². The number of furan rings is 2. The van der Waals surface area contributed by atoms with Crippen LogP contribution in [0.3, 0.4) is 0 Å². The van der Waals surface area contributed by atoms with Gasteiger partial charge in [0.1, 0.15) is 22.3 Å². The molecule has 9 aromatic carbocycles. The van der Waals surface area contributed by atoms with Crippen LogP contribution in [-0.2, 0) is 0 Å². The normalized spacial score (nSPS) is 11.6. The highest BCUT2D eigenvalue weighted by Crippen LogP contribution is 2.49. The number of nitrogens with zero attached hydrogens (tertiary/aromatic N) is 1. The molecule has 0 saturated heterocycles. The molecular weight excluding hydrogens is 671 g/mol. The van der Waals surface area contributed by atoms with Gasteiger partial charge in [0, 0.05) is 33.1 Å². The van der Waals surface area contributed by atoms with Crippen LogP contribution in [0, 0.1) is 0 Å². The lowest BCUT2D eigenvalue weighted by atomic mass is 9.94. The summed E-state index contributed by atoms with van der Waals surface area (Å²) in [6.07, 6.45) is 0. The van der Waals surface area contributed by atoms with E-state index < -0.39 is 0 Å². The molecule has 258 valence electrons. The summed E-state index contributed by atoms with van der Waals surface area (Å²) in [5.41, 5.74) is 13.3. The highest BCUT2D eigenvalue weighted by molar-refractivity contribution is 6.25. The first-order chi connectivity index (χ1) is 27.3. The first-order valence-corrected chi connectivity index (χ1v) is 18.7. The molecule has 0 saturated carbocycles. The largest absolute Gasteiger partial charge is 0.456 e. The third-order valence-electron chi connectivity index (χ3n) is 10.9. The molecule has 0 atom stereocenters. The van der Waals surface area contributed by atoms with E-state index in [-0.39, 0.29) is 0 Å². The topological polar surface area (TPSA) is 29.5 Å². The Balaban J connectivity index is 1.17. The van der Waals surface area contributed by atoms with Gasteiger partial charge in [-0.25, -0.2) is 0 Å². The average Bonchev–Trinajstić information content (AvgIpc) is 3.82. The fourth-order valence-electron chi connectivity index (χ4n) is 8.24. The van der Waals surface area contributed by atoms with Gasteiger partial charge in [0.05, 0.1) is 11.1 Å². The quantitative estimate of drug-likeness (QED) is 0.173. The van der Waals surface area contributed by atoms with E-state index in [4.69, 9.17) is 8.83 Å². The summed E-state index contributed by atoms with van der Waals surface area (Å²) in [5.74, 6) is 0. The number of hydrogen-bond donors (Lipinski definition) is 0. The molecule has 55 heavy (non-hydrogen) atoms. The highest BCUT2D eigenvalue weighted by Gasteiger charge is 2.25. The van der Waals surface area contributed by atoms with Crippen LogP contribution in [0.5, 0.6) is 0 Å². The minimum Gasteiger partial charge on any atom is -0.456 e. The van der Waals surface area contributed by atoms with Gasteiger partial charge in [-0.1, -0.05) is 152 Å². The summed E-state index contributed by atoms with van der Waals surface area (Å²) in [6.45, 7) is 0. The van der Waals surface area contributed by atoms with Crippen molar-refractivity contribution in [1.29, 1.82) is 0 Å². The second kappa shape index (κ2) is 12.6. The SMILES string of the molecule is c1ccc(-c2ccc(-c3c4oc5cccc(N(c6ccc(-c7ccccc7)cc6)c6ccc7ccccc7c6)c5c4cc4oc5ccccc5c34)cc2)cc1. The van der Waals surface area contributed by atoms with Crippen molar-refractivity contribution in [1.82, 2.24) is 0 Å². The second-order valence-electron chi connectivity index (χ2n) is 14.1. The number of fused-ring (bicyclic) bond motifs is 7. The molecule has 0 radical (unpaired) electrons. The lowest BCUT2D eigenvalue weighted by Crippen LogP contribution is -2.10. The zero-order chi connectivity index (χ0) is 36.3. The number of para-hydroxylation sites is 1. The fourth-order valence-corrected chi connectivity index (χ4v) is 8.24. The molecule has 0 fully saturated rings. The van der Waals surface area contributed by atoms with Gasteiger partial charge in [-0.2, -0.15) is 0 Å². The lowest BCUT2D eigenvalue weighted by Gasteiger charge is -2.27. The van der Waals surface area contributed by atoms with Crippen molar-refractivity contribution in [3.63, 3.8) is 0 Å². The van der Waals surface area contributed by atoms with E-state index in [9.17, 15) is 0 Å². The first-order valence-electron chi connectivity index (χ1n) is 18.7. The molecule has 11 aromatic rings. The molecule has 11 rings (SSSR count). The Hall–Kier alpha value is -7.36. The first kappa shape index (κ1) is 31.2. The van der Waals surface area contributed by atoms with E-state index in [1.54, 1.807) is 0 Å². The zero-order valence-corrected chi connectivity index (χ0v) is 29.8. The molecule has 3 heteroatoms. The van der Waals surface area contributed by atoms with Gasteiger partial charge in [-0.3, -0.25) is 0 Å². The lowest BCUT2D eigenvalue weighted by molar-refractivity contribution is 0.664. The molecule has 0 unspecified atom stereocenters. The fraction of sp³-hybridized carbons (Fsp3) is 0. The predicted octanol–water partition coefficient (Wildman–Crippen LogP) is 15.1. The molecule has 0 bridgehead atoms. The minimum absolute atomic E-state index is 0.818. The Morgan fingerprint density at radius 1 is 0.327 bits per heavy atom. The maximum Gasteiger partial charge on any atom is 0.144 e. The standard InChI is InChI=1S/C52H33NO2/c1-3-12-34(13-4-1)37-22-24-39(25-23-37)49-51-43-18-9-10-20-46(43)54-48(51)33-44-50-45(19-11-21-47(50)55-52(44)49)53(42-31-28-36-16-7-8-17-40(36)32-42)41-29-26-38(27-30-41)35-14-5-2-6-15-35/h1-33H. The summed E-state index contributed by atoms with van der Waals surface area (Å²) >= 11 is 0. The predicted molar refractivity (Wildman–Crippen MR) is 229 cm³/mol. The molecule has 2 heterocycles. The Morgan fingerprint density at radius 2 is 0.909 bits per heavy atom. The monoisotopic (exact) mass is 703 g/mol. The minimum atomic E-state index is 0.818. The van der Waals surface area contributed by atoms with Gasteiger partial charge >= 0.3 is 0 Å². The van der Waals surface area contributed by atoms with Gasteiger partial charge in [-0.15, -0.1) is 0 Å². The van der Waals surface area contributed by atoms with Crippen LogP contribution in [0.15, 0.2) is 209 Å². The molecule has 0 aliphatic heterocycles. The zero-order valence-electron chi connectivity index (χ0n) is 29.8. The molecule has 0 aliphatic carbocycles. The Bertz CT molecular complexity index is 3180. The molecule has 0 amide bonds. The number of hydrogen-bond acceptors (Lipinski definition) is 3. The van der Waals surface area contributed by atoms with Crippen LogP contribution >= 0.6 is 0 Å². The van der Waals surface area contributed by atoms with Crippen LogP contribution < -0.4 is 4.90 Å². The summed E-state index contributed by atoms with van der Waals surface area (Å²) in [4.78, 5) is 2.36. The Morgan fingerprint density at radius 3 is 1.65 bits per heavy atom. The van der Waals surface area contributed by atoms with E-state index in [2.05, 4.69) is 193 Å². The average molecular weight is 704 g/mol. The van der Waals surface area contributed by atoms with Gasteiger partial charge in [0.2, 0.25) is 0 Å². The van der Waals surface area contributed by atoms with E-state index in [1.165, 1.54) is 33.0 Å². The van der Waals surface area contributed by atoms with Crippen LogP contribution in [0.2, 0.25) is 0 Å². The third-order valence-corrected chi connectivity index (χ3v) is 10.9. The molecule has 2 aromatic heterocycles. The van der Waals surface area contributed by atoms with Gasteiger partial charge < -0.3 is 13.7 Å². The smallest absolute Gasteiger partial charge is 0.144 e. The van der Waals surface area contributed by atoms with Gasteiger partial charge in [0.15, 0.2) is 0 Å². The molecule has 0 aliphatic rings. The maximum absolute atomic E-state index is 7.02. The van der Waals surface area contributed by atoms with Gasteiger partial charge in [0.25, 0.3) is 0 Å². The number of anilines is 3. The molecular formula is C52H33NO2. The maximum atomic E-state index is 7.02. The Kier molecular flexibility index (Phi) is 7.17. The second-order valence-corrected chi connectivity index (χ2v) is 14.1. The summed E-state index contributed by atoms with van der Waals surface area (Å²) in [5, 5.41) is 6.54. The highest BCUT2D eigenvalue weighted by atomic mass is 16.3. The molecule has 0 spiro atoms. The van der Waals surface area contributed by atoms with Crippen molar-refractivity contribution in [3.05, 3.63) is 200 Å². The van der Waals surface area contributed by atoms with Crippen molar-refractivity contribution < 1.29 is 8.83 Å². The Labute approximate surface area is 317 Å². The van der Waals surface area contributed by atoms with Crippen molar-refractivity contribution >= 4 is 71.7 Å². The van der Waals surface area contributed by atoms with Crippen molar-refractivity contribution in [2.24, 2.45) is 0 Å². The summed E-state index contributed by atoms with van der Waals surface area (Å²) in [6, 6.07) is 70.8.